The zero-order chi connectivity index (χ0) is 14.2. The van der Waals surface area contributed by atoms with Crippen molar-refractivity contribution in [2.45, 2.75) is 0 Å². The second-order valence-corrected chi connectivity index (χ2v) is 5.13. The monoisotopic (exact) mass is 271 g/mol. The first kappa shape index (κ1) is 11.9. The normalized spacial score (nSPS) is 11.0. The number of aromatic nitrogens is 1. The molecule has 2 aromatic carbocycles. The molecule has 2 nitrogen and oxygen atoms in total. The molecule has 2 aliphatic rings. The van der Waals surface area contributed by atoms with E-state index in [0.717, 1.165) is 33.3 Å². The molecular weight excluding hydrogens is 258 g/mol. The summed E-state index contributed by atoms with van der Waals surface area (Å²) in [7, 11) is 0. The molecule has 2 heteroatoms. The Kier molecular flexibility index (Phi) is 2.61. The minimum atomic E-state index is 0.0701. The van der Waals surface area contributed by atoms with Gasteiger partial charge in [-0.25, -0.2) is 0 Å². The standard InChI is InChI=1S/C19H13NO/c21-19-15(13-6-2-1-3-7-13)10-11-18-16(19)12-14-8-4-5-9-17(14)20-18/h1-12,20H. The number of H-pyrrole nitrogens is 1. The molecule has 1 aliphatic heterocycles. The largest absolute Gasteiger partial charge is 0.354 e. The summed E-state index contributed by atoms with van der Waals surface area (Å²) in [5, 5.41) is 1.05. The van der Waals surface area contributed by atoms with E-state index in [2.05, 4.69) is 4.98 Å². The van der Waals surface area contributed by atoms with E-state index in [1.54, 1.807) is 0 Å². The van der Waals surface area contributed by atoms with E-state index in [4.69, 9.17) is 0 Å². The lowest BCUT2D eigenvalue weighted by atomic mass is 9.98. The first-order valence-electron chi connectivity index (χ1n) is 6.93. The quantitative estimate of drug-likeness (QED) is 0.514. The fourth-order valence-corrected chi connectivity index (χ4v) is 2.73. The molecule has 0 aromatic heterocycles. The number of aromatic amines is 1. The van der Waals surface area contributed by atoms with Gasteiger partial charge in [0.2, 0.25) is 0 Å². The average molecular weight is 271 g/mol. The molecule has 0 spiro atoms. The van der Waals surface area contributed by atoms with Gasteiger partial charge in [-0.15, -0.1) is 0 Å². The molecule has 21 heavy (non-hydrogen) atoms. The molecule has 0 saturated heterocycles. The molecule has 4 rings (SSSR count). The zero-order valence-electron chi connectivity index (χ0n) is 11.3. The highest BCUT2D eigenvalue weighted by molar-refractivity contribution is 5.86. The maximum atomic E-state index is 12.8. The molecule has 100 valence electrons. The second kappa shape index (κ2) is 4.60. The van der Waals surface area contributed by atoms with Crippen LogP contribution in [0.3, 0.4) is 0 Å². The van der Waals surface area contributed by atoms with Crippen LogP contribution in [0.15, 0.2) is 77.6 Å². The van der Waals surface area contributed by atoms with E-state index >= 15 is 0 Å². The van der Waals surface area contributed by atoms with Crippen LogP contribution in [0.2, 0.25) is 0 Å². The van der Waals surface area contributed by atoms with Crippen molar-refractivity contribution in [1.29, 1.82) is 0 Å². The number of pyridine rings is 1. The molecule has 0 radical (unpaired) electrons. The molecule has 1 N–H and O–H groups in total. The van der Waals surface area contributed by atoms with E-state index in [1.165, 1.54) is 0 Å². The fraction of sp³-hybridized carbons (Fsp3) is 0. The topological polar surface area (TPSA) is 32.9 Å². The Balaban J connectivity index is 2.05. The van der Waals surface area contributed by atoms with Gasteiger partial charge in [-0.3, -0.25) is 4.79 Å². The molecule has 1 heterocycles. The predicted molar refractivity (Wildman–Crippen MR) is 86.6 cm³/mol. The number of para-hydroxylation sites is 1. The Morgan fingerprint density at radius 2 is 1.48 bits per heavy atom. The third-order valence-corrected chi connectivity index (χ3v) is 3.81. The van der Waals surface area contributed by atoms with E-state index in [1.807, 2.05) is 72.8 Å². The van der Waals surface area contributed by atoms with Crippen LogP contribution < -0.4 is 5.43 Å². The average Bonchev–Trinajstić information content (AvgIpc) is 2.55. The molecule has 1 aliphatic carbocycles. The number of hydrogen-bond acceptors (Lipinski definition) is 1. The Morgan fingerprint density at radius 3 is 2.33 bits per heavy atom. The zero-order valence-corrected chi connectivity index (χ0v) is 11.3. The summed E-state index contributed by atoms with van der Waals surface area (Å²) in [6.07, 6.45) is 0. The van der Waals surface area contributed by atoms with Gasteiger partial charge in [-0.2, -0.15) is 0 Å². The maximum absolute atomic E-state index is 12.8. The maximum Gasteiger partial charge on any atom is 0.195 e. The number of nitrogens with one attached hydrogen (secondary N) is 1. The molecule has 0 atom stereocenters. The van der Waals surface area contributed by atoms with Gasteiger partial charge in [0.15, 0.2) is 5.43 Å². The molecule has 0 fully saturated rings. The highest BCUT2D eigenvalue weighted by Gasteiger charge is 2.12. The van der Waals surface area contributed by atoms with Gasteiger partial charge >= 0.3 is 0 Å². The molecule has 0 bridgehead atoms. The third-order valence-electron chi connectivity index (χ3n) is 3.81. The summed E-state index contributed by atoms with van der Waals surface area (Å²) in [5.41, 5.74) is 4.41. The van der Waals surface area contributed by atoms with Crippen LogP contribution in [0.1, 0.15) is 0 Å². The van der Waals surface area contributed by atoms with Gasteiger partial charge < -0.3 is 4.98 Å². The van der Waals surface area contributed by atoms with Gasteiger partial charge in [0.1, 0.15) is 0 Å². The minimum Gasteiger partial charge on any atom is -0.354 e. The van der Waals surface area contributed by atoms with Gasteiger partial charge in [0.25, 0.3) is 0 Å². The van der Waals surface area contributed by atoms with Crippen molar-refractivity contribution in [2.75, 3.05) is 0 Å². The van der Waals surface area contributed by atoms with Crippen molar-refractivity contribution in [3.05, 3.63) is 83.0 Å². The Labute approximate surface area is 122 Å². The summed E-state index contributed by atoms with van der Waals surface area (Å²) in [6, 6.07) is 23.6. The van der Waals surface area contributed by atoms with E-state index in [-0.39, 0.29) is 5.43 Å². The lowest BCUT2D eigenvalue weighted by Gasteiger charge is -2.10. The van der Waals surface area contributed by atoms with Crippen molar-refractivity contribution < 1.29 is 0 Å². The van der Waals surface area contributed by atoms with Gasteiger partial charge in [0.05, 0.1) is 0 Å². The highest BCUT2D eigenvalue weighted by Crippen LogP contribution is 2.25. The SMILES string of the molecule is O=c1c(-c2ccccc2)ccc2[nH]c3ccccc3cc1-2. The van der Waals surface area contributed by atoms with E-state index < -0.39 is 0 Å². The lowest BCUT2D eigenvalue weighted by Crippen LogP contribution is -2.09. The Hall–Kier alpha value is -2.87. The molecule has 0 saturated carbocycles. The molecule has 0 amide bonds. The first-order valence-corrected chi connectivity index (χ1v) is 6.93. The summed E-state index contributed by atoms with van der Waals surface area (Å²) in [6.45, 7) is 0. The van der Waals surface area contributed by atoms with Crippen LogP contribution in [0.4, 0.5) is 0 Å². The Bertz CT molecular complexity index is 954. The van der Waals surface area contributed by atoms with Crippen molar-refractivity contribution in [2.24, 2.45) is 0 Å². The van der Waals surface area contributed by atoms with Crippen molar-refractivity contribution in [3.8, 4) is 22.4 Å². The van der Waals surface area contributed by atoms with Crippen LogP contribution in [-0.4, -0.2) is 4.98 Å². The third kappa shape index (κ3) is 1.93. The van der Waals surface area contributed by atoms with Crippen LogP contribution in [0, 0.1) is 0 Å². The van der Waals surface area contributed by atoms with Gasteiger partial charge in [-0.1, -0.05) is 48.5 Å². The molecular formula is C19H13NO. The lowest BCUT2D eigenvalue weighted by molar-refractivity contribution is 1.37. The van der Waals surface area contributed by atoms with Crippen molar-refractivity contribution >= 4 is 10.9 Å². The summed E-state index contributed by atoms with van der Waals surface area (Å²) >= 11 is 0. The summed E-state index contributed by atoms with van der Waals surface area (Å²) in [4.78, 5) is 16.1. The number of fused-ring (bicyclic) bond motifs is 2. The van der Waals surface area contributed by atoms with Gasteiger partial charge in [-0.05, 0) is 35.2 Å². The van der Waals surface area contributed by atoms with Crippen molar-refractivity contribution in [1.82, 2.24) is 4.98 Å². The van der Waals surface area contributed by atoms with Crippen molar-refractivity contribution in [3.63, 3.8) is 0 Å². The number of hydrogen-bond donors (Lipinski definition) is 1. The van der Waals surface area contributed by atoms with Crippen LogP contribution in [0.25, 0.3) is 33.3 Å². The Morgan fingerprint density at radius 1 is 0.714 bits per heavy atom. The summed E-state index contributed by atoms with van der Waals surface area (Å²) < 4.78 is 0. The van der Waals surface area contributed by atoms with Gasteiger partial charge in [0, 0.05) is 22.3 Å². The van der Waals surface area contributed by atoms with Crippen LogP contribution in [-0.2, 0) is 0 Å². The first-order chi connectivity index (χ1) is 10.3. The van der Waals surface area contributed by atoms with Crippen LogP contribution >= 0.6 is 0 Å². The molecule has 2 aromatic rings. The van der Waals surface area contributed by atoms with E-state index in [9.17, 15) is 4.79 Å². The fourth-order valence-electron chi connectivity index (χ4n) is 2.73. The van der Waals surface area contributed by atoms with E-state index in [0.29, 0.717) is 0 Å². The predicted octanol–water partition coefficient (Wildman–Crippen LogP) is 4.30. The molecule has 0 unspecified atom stereocenters. The number of rotatable bonds is 1. The summed E-state index contributed by atoms with van der Waals surface area (Å²) in [5.74, 6) is 0. The highest BCUT2D eigenvalue weighted by atomic mass is 16.1. The second-order valence-electron chi connectivity index (χ2n) is 5.13. The smallest absolute Gasteiger partial charge is 0.195 e. The number of benzene rings is 3. The minimum absolute atomic E-state index is 0.0701. The van der Waals surface area contributed by atoms with Crippen LogP contribution in [0.5, 0.6) is 0 Å².